The maximum absolute atomic E-state index is 7.93. The fourth-order valence-electron chi connectivity index (χ4n) is 0.136. The summed E-state index contributed by atoms with van der Waals surface area (Å²) >= 11 is 0. The summed E-state index contributed by atoms with van der Waals surface area (Å²) in [4.78, 5) is 0. The van der Waals surface area contributed by atoms with Crippen LogP contribution < -0.4 is 0 Å². The Labute approximate surface area is 76.9 Å². The summed E-state index contributed by atoms with van der Waals surface area (Å²) in [6.45, 7) is 12.8. The molecule has 72 valence electrons. The van der Waals surface area contributed by atoms with Gasteiger partial charge >= 0.3 is 7.69 Å². The van der Waals surface area contributed by atoms with Gasteiger partial charge in [0.05, 0.1) is 0 Å². The lowest BCUT2D eigenvalue weighted by molar-refractivity contribution is 0.321. The van der Waals surface area contributed by atoms with Gasteiger partial charge in [-0.2, -0.15) is 0 Å². The summed E-state index contributed by atoms with van der Waals surface area (Å²) in [6.07, 6.45) is 1.58. The minimum Gasteiger partial charge on any atom is -0.430 e. The van der Waals surface area contributed by atoms with E-state index >= 15 is 0 Å². The largest absolute Gasteiger partial charge is 0.435 e. The van der Waals surface area contributed by atoms with Crippen molar-refractivity contribution in [2.24, 2.45) is 11.8 Å². The predicted molar refractivity (Wildman–Crippen MR) is 55.2 cm³/mol. The van der Waals surface area contributed by atoms with Crippen LogP contribution in [0, 0.1) is 11.8 Å². The van der Waals surface area contributed by atoms with Gasteiger partial charge in [0, 0.05) is 6.61 Å². The Bertz CT molecular complexity index is 86.5. The molecule has 0 aromatic heterocycles. The fourth-order valence-corrected chi connectivity index (χ4v) is 0.136. The van der Waals surface area contributed by atoms with Crippen molar-refractivity contribution < 1.29 is 9.68 Å². The van der Waals surface area contributed by atoms with Gasteiger partial charge in [-0.3, -0.25) is 0 Å². The highest BCUT2D eigenvalue weighted by atomic mass is 16.5. The lowest BCUT2D eigenvalue weighted by atomic mass is 10.0. The first-order valence-electron chi connectivity index (χ1n) is 4.35. The third kappa shape index (κ3) is 16.4. The van der Waals surface area contributed by atoms with Crippen LogP contribution in [0.2, 0.25) is 0 Å². The van der Waals surface area contributed by atoms with Gasteiger partial charge in [0.2, 0.25) is 0 Å². The first-order chi connectivity index (χ1) is 5.56. The summed E-state index contributed by atoms with van der Waals surface area (Å²) in [5.74, 6) is 1.70. The van der Waals surface area contributed by atoms with Gasteiger partial charge in [0.25, 0.3) is 0 Å². The molecule has 0 atom stereocenters. The van der Waals surface area contributed by atoms with Gasteiger partial charge in [-0.05, 0) is 11.8 Å². The molecule has 0 fully saturated rings. The molecule has 0 rings (SSSR count). The predicted octanol–water partition coefficient (Wildman–Crippen LogP) is 1.75. The Hall–Kier alpha value is -0.275. The minimum atomic E-state index is -0.216. The molecule has 0 unspecified atom stereocenters. The van der Waals surface area contributed by atoms with Crippen LogP contribution in [0.15, 0.2) is 12.7 Å². The van der Waals surface area contributed by atoms with Crippen LogP contribution in [-0.2, 0) is 4.65 Å². The summed E-state index contributed by atoms with van der Waals surface area (Å²) in [5.41, 5.74) is 0. The van der Waals surface area contributed by atoms with Gasteiger partial charge in [0.1, 0.15) is 0 Å². The molecule has 0 radical (unpaired) electrons. The minimum absolute atomic E-state index is 0.216. The Kier molecular flexibility index (Phi) is 12.7. The van der Waals surface area contributed by atoms with Crippen molar-refractivity contribution in [3.05, 3.63) is 12.7 Å². The smallest absolute Gasteiger partial charge is 0.430 e. The van der Waals surface area contributed by atoms with E-state index in [0.29, 0.717) is 6.61 Å². The van der Waals surface area contributed by atoms with E-state index in [-0.39, 0.29) is 7.69 Å². The number of hydrogen-bond acceptors (Lipinski definition) is 2. The molecular formula is C9H21BO2. The Balaban J connectivity index is 0. The van der Waals surface area contributed by atoms with Crippen LogP contribution in [0.3, 0.4) is 0 Å². The standard InChI is InChI=1S/C6H14.C3H7BO2/c1-5(2)6(3)4;1-2-3-6-4-5/h5-6H,1-4H3;2,4-5H,1,3H2. The van der Waals surface area contributed by atoms with E-state index in [1.54, 1.807) is 6.08 Å². The highest BCUT2D eigenvalue weighted by molar-refractivity contribution is 6.15. The lowest BCUT2D eigenvalue weighted by Crippen LogP contribution is -1.95. The van der Waals surface area contributed by atoms with Gasteiger partial charge in [-0.15, -0.1) is 6.58 Å². The van der Waals surface area contributed by atoms with Crippen molar-refractivity contribution in [3.63, 3.8) is 0 Å². The lowest BCUT2D eigenvalue weighted by Gasteiger charge is -2.05. The zero-order valence-corrected chi connectivity index (χ0v) is 8.71. The second kappa shape index (κ2) is 10.7. The molecule has 1 N–H and O–H groups in total. The van der Waals surface area contributed by atoms with E-state index < -0.39 is 0 Å². The van der Waals surface area contributed by atoms with E-state index in [2.05, 4.69) is 38.9 Å². The average Bonchev–Trinajstić information content (AvgIpc) is 2.02. The maximum atomic E-state index is 7.93. The zero-order valence-electron chi connectivity index (χ0n) is 8.71. The first-order valence-corrected chi connectivity index (χ1v) is 4.35. The molecule has 0 heterocycles. The monoisotopic (exact) mass is 172 g/mol. The second-order valence-corrected chi connectivity index (χ2v) is 3.28. The van der Waals surface area contributed by atoms with Crippen LogP contribution in [0.1, 0.15) is 27.7 Å². The topological polar surface area (TPSA) is 29.5 Å². The molecule has 0 aliphatic carbocycles. The van der Waals surface area contributed by atoms with Crippen LogP contribution in [0.25, 0.3) is 0 Å². The van der Waals surface area contributed by atoms with Gasteiger partial charge < -0.3 is 9.68 Å². The SMILES string of the molecule is C=CCOBO.CC(C)C(C)C. The molecule has 0 aliphatic heterocycles. The van der Waals surface area contributed by atoms with E-state index in [4.69, 9.17) is 5.02 Å². The van der Waals surface area contributed by atoms with Crippen LogP contribution >= 0.6 is 0 Å². The third-order valence-corrected chi connectivity index (χ3v) is 1.66. The molecule has 0 saturated carbocycles. The number of rotatable bonds is 4. The Morgan fingerprint density at radius 2 is 1.75 bits per heavy atom. The van der Waals surface area contributed by atoms with Crippen LogP contribution in [0.5, 0.6) is 0 Å². The maximum Gasteiger partial charge on any atom is 0.435 e. The van der Waals surface area contributed by atoms with Crippen molar-refractivity contribution in [3.8, 4) is 0 Å². The molecule has 0 aliphatic rings. The molecule has 0 amide bonds. The molecule has 0 spiro atoms. The van der Waals surface area contributed by atoms with Gasteiger partial charge in [-0.25, -0.2) is 0 Å². The summed E-state index contributed by atoms with van der Waals surface area (Å²) in [5, 5.41) is 7.93. The fraction of sp³-hybridized carbons (Fsp3) is 0.778. The van der Waals surface area contributed by atoms with E-state index in [1.165, 1.54) is 0 Å². The van der Waals surface area contributed by atoms with Crippen molar-refractivity contribution in [1.82, 2.24) is 0 Å². The summed E-state index contributed by atoms with van der Waals surface area (Å²) in [6, 6.07) is 0. The summed E-state index contributed by atoms with van der Waals surface area (Å²) < 4.78 is 4.42. The quantitative estimate of drug-likeness (QED) is 0.397. The van der Waals surface area contributed by atoms with Crippen molar-refractivity contribution in [2.45, 2.75) is 27.7 Å². The van der Waals surface area contributed by atoms with Crippen molar-refractivity contribution >= 4 is 7.69 Å². The van der Waals surface area contributed by atoms with Crippen LogP contribution in [0.4, 0.5) is 0 Å². The third-order valence-electron chi connectivity index (χ3n) is 1.66. The van der Waals surface area contributed by atoms with Crippen molar-refractivity contribution in [1.29, 1.82) is 0 Å². The normalized spacial score (nSPS) is 9.25. The molecule has 2 nitrogen and oxygen atoms in total. The molecule has 0 saturated heterocycles. The molecule has 3 heteroatoms. The number of hydrogen-bond donors (Lipinski definition) is 1. The molecule has 0 aromatic rings. The highest BCUT2D eigenvalue weighted by Gasteiger charge is 1.95. The van der Waals surface area contributed by atoms with Gasteiger partial charge in [0.15, 0.2) is 0 Å². The van der Waals surface area contributed by atoms with Gasteiger partial charge in [-0.1, -0.05) is 33.8 Å². The zero-order chi connectivity index (χ0) is 9.98. The molecular weight excluding hydrogens is 151 g/mol. The van der Waals surface area contributed by atoms with E-state index in [0.717, 1.165) is 11.8 Å². The van der Waals surface area contributed by atoms with Crippen LogP contribution in [-0.4, -0.2) is 19.3 Å². The second-order valence-electron chi connectivity index (χ2n) is 3.28. The van der Waals surface area contributed by atoms with E-state index in [1.807, 2.05) is 0 Å². The van der Waals surface area contributed by atoms with E-state index in [9.17, 15) is 0 Å². The first kappa shape index (κ1) is 14.3. The molecule has 12 heavy (non-hydrogen) atoms. The highest BCUT2D eigenvalue weighted by Crippen LogP contribution is 2.05. The van der Waals surface area contributed by atoms with Crippen molar-refractivity contribution in [2.75, 3.05) is 6.61 Å². The summed E-state index contributed by atoms with van der Waals surface area (Å²) in [7, 11) is -0.216. The molecule has 0 bridgehead atoms. The Morgan fingerprint density at radius 1 is 1.33 bits per heavy atom. The average molecular weight is 172 g/mol. The molecule has 0 aromatic carbocycles. The Morgan fingerprint density at radius 3 is 1.83 bits per heavy atom.